The molecular formula is C18H31ClN4O4S. The molecule has 1 aliphatic rings. The number of carbonyl (C=O) groups is 1. The van der Waals surface area contributed by atoms with Crippen molar-refractivity contribution in [1.29, 1.82) is 0 Å². The fraction of sp³-hybridized carbons (Fsp3) is 0.667. The minimum absolute atomic E-state index is 0. The number of rotatable bonds is 7. The number of amides is 1. The third-order valence-electron chi connectivity index (χ3n) is 5.18. The molecule has 0 spiro atoms. The van der Waals surface area contributed by atoms with E-state index >= 15 is 0 Å². The second-order valence-electron chi connectivity index (χ2n) is 7.03. The fourth-order valence-corrected chi connectivity index (χ4v) is 5.02. The number of hydrogen-bond acceptors (Lipinski definition) is 5. The first-order valence-corrected chi connectivity index (χ1v) is 10.9. The predicted molar refractivity (Wildman–Crippen MR) is 111 cm³/mol. The smallest absolute Gasteiger partial charge is 0.251 e. The van der Waals surface area contributed by atoms with E-state index in [9.17, 15) is 18.0 Å². The molecule has 0 bridgehead atoms. The zero-order chi connectivity index (χ0) is 20.2. The van der Waals surface area contributed by atoms with Crippen molar-refractivity contribution in [2.75, 3.05) is 26.2 Å². The molecule has 1 aromatic rings. The van der Waals surface area contributed by atoms with Crippen LogP contribution >= 0.6 is 12.4 Å². The Morgan fingerprint density at radius 3 is 2.50 bits per heavy atom. The number of likely N-dealkylation sites (tertiary alicyclic amines) is 1. The van der Waals surface area contributed by atoms with Gasteiger partial charge in [-0.15, -0.1) is 12.4 Å². The first-order valence-electron chi connectivity index (χ1n) is 9.44. The Bertz CT molecular complexity index is 823. The lowest BCUT2D eigenvalue weighted by atomic mass is 9.92. The van der Waals surface area contributed by atoms with Crippen LogP contribution in [0.2, 0.25) is 0 Å². The molecule has 160 valence electrons. The Hall–Kier alpha value is -1.42. The minimum atomic E-state index is -3.70. The van der Waals surface area contributed by atoms with Crippen LogP contribution in [0.15, 0.2) is 28.0 Å². The maximum absolute atomic E-state index is 12.8. The number of nitrogens with two attached hydrogens (primary N) is 1. The summed E-state index contributed by atoms with van der Waals surface area (Å²) in [5.74, 6) is 0.296. The molecule has 2 unspecified atom stereocenters. The summed E-state index contributed by atoms with van der Waals surface area (Å²) in [5, 5.41) is 0. The van der Waals surface area contributed by atoms with Gasteiger partial charge in [0.05, 0.1) is 4.90 Å². The van der Waals surface area contributed by atoms with Crippen molar-refractivity contribution in [2.24, 2.45) is 11.7 Å². The lowest BCUT2D eigenvalue weighted by Crippen LogP contribution is -2.50. The average molecular weight is 435 g/mol. The molecule has 2 rings (SSSR count). The van der Waals surface area contributed by atoms with Gasteiger partial charge in [-0.1, -0.05) is 20.8 Å². The van der Waals surface area contributed by atoms with Crippen LogP contribution in [0, 0.1) is 5.92 Å². The first-order chi connectivity index (χ1) is 12.7. The van der Waals surface area contributed by atoms with E-state index in [-0.39, 0.29) is 35.8 Å². The summed E-state index contributed by atoms with van der Waals surface area (Å²) in [5.41, 5.74) is 5.41. The van der Waals surface area contributed by atoms with Gasteiger partial charge in [-0.3, -0.25) is 9.59 Å². The number of carbonyl (C=O) groups excluding carboxylic acids is 1. The van der Waals surface area contributed by atoms with Crippen LogP contribution in [-0.2, 0) is 21.4 Å². The quantitative estimate of drug-likeness (QED) is 0.685. The van der Waals surface area contributed by atoms with Crippen LogP contribution in [0.1, 0.15) is 33.6 Å². The van der Waals surface area contributed by atoms with Crippen LogP contribution in [0.3, 0.4) is 0 Å². The van der Waals surface area contributed by atoms with Crippen LogP contribution in [-0.4, -0.2) is 60.3 Å². The summed E-state index contributed by atoms with van der Waals surface area (Å²) in [6.07, 6.45) is 3.00. The van der Waals surface area contributed by atoms with Gasteiger partial charge in [-0.25, -0.2) is 8.42 Å². The van der Waals surface area contributed by atoms with Gasteiger partial charge in [-0.05, 0) is 24.8 Å². The highest BCUT2D eigenvalue weighted by atomic mass is 35.5. The molecule has 1 amide bonds. The highest BCUT2D eigenvalue weighted by Gasteiger charge is 2.29. The number of nitrogens with zero attached hydrogens (tertiary/aromatic N) is 3. The van der Waals surface area contributed by atoms with E-state index in [1.54, 1.807) is 18.7 Å². The lowest BCUT2D eigenvalue weighted by Gasteiger charge is -2.38. The number of halogens is 1. The van der Waals surface area contributed by atoms with Crippen LogP contribution in [0.4, 0.5) is 0 Å². The predicted octanol–water partition coefficient (Wildman–Crippen LogP) is 0.886. The molecule has 1 aliphatic heterocycles. The zero-order valence-electron chi connectivity index (χ0n) is 16.7. The van der Waals surface area contributed by atoms with Gasteiger partial charge < -0.3 is 15.2 Å². The van der Waals surface area contributed by atoms with Gasteiger partial charge in [0.2, 0.25) is 15.9 Å². The summed E-state index contributed by atoms with van der Waals surface area (Å²) in [7, 11) is -3.70. The highest BCUT2D eigenvalue weighted by molar-refractivity contribution is 7.89. The van der Waals surface area contributed by atoms with E-state index < -0.39 is 15.6 Å². The molecule has 28 heavy (non-hydrogen) atoms. The van der Waals surface area contributed by atoms with Crippen molar-refractivity contribution in [1.82, 2.24) is 13.8 Å². The molecule has 8 nitrogen and oxygen atoms in total. The van der Waals surface area contributed by atoms with Crippen LogP contribution in [0.25, 0.3) is 0 Å². The van der Waals surface area contributed by atoms with Crippen molar-refractivity contribution < 1.29 is 13.2 Å². The minimum Gasteiger partial charge on any atom is -0.337 e. The Balaban J connectivity index is 0.00000392. The number of pyridine rings is 1. The second kappa shape index (κ2) is 10.4. The summed E-state index contributed by atoms with van der Waals surface area (Å²) < 4.78 is 27.8. The van der Waals surface area contributed by atoms with Crippen molar-refractivity contribution >= 4 is 28.3 Å². The summed E-state index contributed by atoms with van der Waals surface area (Å²) >= 11 is 0. The van der Waals surface area contributed by atoms with Crippen molar-refractivity contribution in [3.8, 4) is 0 Å². The monoisotopic (exact) mass is 434 g/mol. The molecule has 2 atom stereocenters. The van der Waals surface area contributed by atoms with Gasteiger partial charge in [-0.2, -0.15) is 4.31 Å². The third-order valence-corrected chi connectivity index (χ3v) is 7.21. The second-order valence-corrected chi connectivity index (χ2v) is 8.96. The largest absolute Gasteiger partial charge is 0.337 e. The van der Waals surface area contributed by atoms with Crippen molar-refractivity contribution in [3.05, 3.63) is 28.7 Å². The maximum atomic E-state index is 12.8. The molecule has 1 aromatic heterocycles. The topological polar surface area (TPSA) is 106 Å². The average Bonchev–Trinajstić information content (AvgIpc) is 2.63. The van der Waals surface area contributed by atoms with Gasteiger partial charge in [0.1, 0.15) is 6.54 Å². The maximum Gasteiger partial charge on any atom is 0.251 e. The van der Waals surface area contributed by atoms with E-state index in [1.165, 1.54) is 27.2 Å². The molecule has 0 radical (unpaired) electrons. The van der Waals surface area contributed by atoms with Crippen LogP contribution in [0.5, 0.6) is 0 Å². The SMILES string of the molecule is CCN(CC)S(=O)(=O)c1ccc(=O)n(CC(=O)N2CCC(C)CC2CN)c1.Cl. The molecule has 1 fully saturated rings. The Labute approximate surface area is 173 Å². The Morgan fingerprint density at radius 1 is 1.29 bits per heavy atom. The molecule has 0 saturated carbocycles. The third kappa shape index (κ3) is 5.34. The van der Waals surface area contributed by atoms with Gasteiger partial charge in [0.15, 0.2) is 0 Å². The fourth-order valence-electron chi connectivity index (χ4n) is 3.54. The van der Waals surface area contributed by atoms with E-state index in [2.05, 4.69) is 6.92 Å². The van der Waals surface area contributed by atoms with E-state index in [0.717, 1.165) is 12.8 Å². The molecule has 1 saturated heterocycles. The Morgan fingerprint density at radius 2 is 1.93 bits per heavy atom. The van der Waals surface area contributed by atoms with Gasteiger partial charge >= 0.3 is 0 Å². The molecule has 2 heterocycles. The number of aromatic nitrogens is 1. The van der Waals surface area contributed by atoms with Gasteiger partial charge in [0, 0.05) is 44.5 Å². The lowest BCUT2D eigenvalue weighted by molar-refractivity contribution is -0.136. The standard InChI is InChI=1S/C18H30N4O4S.ClH/c1-4-21(5-2)27(25,26)16-6-7-17(23)20(12-16)13-18(24)22-9-8-14(3)10-15(22)11-19;/h6-7,12,14-15H,4-5,8-11,13,19H2,1-3H3;1H. The van der Waals surface area contributed by atoms with E-state index in [0.29, 0.717) is 32.1 Å². The molecule has 10 heteroatoms. The molecular weight excluding hydrogens is 404 g/mol. The van der Waals surface area contributed by atoms with Crippen molar-refractivity contribution in [3.63, 3.8) is 0 Å². The molecule has 2 N–H and O–H groups in total. The number of sulfonamides is 1. The Kier molecular flexibility index (Phi) is 9.13. The molecule has 0 aromatic carbocycles. The van der Waals surface area contributed by atoms with Gasteiger partial charge in [0.25, 0.3) is 5.56 Å². The summed E-state index contributed by atoms with van der Waals surface area (Å²) in [4.78, 5) is 26.7. The summed E-state index contributed by atoms with van der Waals surface area (Å²) in [6.45, 7) is 7.11. The number of piperidine rings is 1. The zero-order valence-corrected chi connectivity index (χ0v) is 18.3. The van der Waals surface area contributed by atoms with E-state index in [4.69, 9.17) is 5.73 Å². The molecule has 0 aliphatic carbocycles. The first kappa shape index (κ1) is 24.6. The van der Waals surface area contributed by atoms with Crippen molar-refractivity contribution in [2.45, 2.75) is 51.1 Å². The number of hydrogen-bond donors (Lipinski definition) is 1. The normalized spacial score (nSPS) is 20.1. The van der Waals surface area contributed by atoms with E-state index in [1.807, 2.05) is 0 Å². The highest BCUT2D eigenvalue weighted by Crippen LogP contribution is 2.22. The van der Waals surface area contributed by atoms with Crippen LogP contribution < -0.4 is 11.3 Å². The summed E-state index contributed by atoms with van der Waals surface area (Å²) in [6, 6.07) is 2.45.